The van der Waals surface area contributed by atoms with Crippen LogP contribution in [0, 0.1) is 30.1 Å². The Bertz CT molecular complexity index is 1410. The normalized spacial score (nSPS) is 19.3. The van der Waals surface area contributed by atoms with E-state index in [1.165, 1.54) is 51.6 Å². The number of piperidine rings is 2. The molecule has 10 heteroatoms. The maximum absolute atomic E-state index is 11.2. The van der Waals surface area contributed by atoms with E-state index in [9.17, 15) is 19.8 Å². The minimum atomic E-state index is -1.12. The molecule has 0 saturated carbocycles. The van der Waals surface area contributed by atoms with Crippen molar-refractivity contribution >= 4 is 35.0 Å². The predicted molar refractivity (Wildman–Crippen MR) is 226 cm³/mol. The molecule has 5 heterocycles. The van der Waals surface area contributed by atoms with Crippen LogP contribution in [-0.2, 0) is 16.1 Å². The van der Waals surface area contributed by atoms with Crippen LogP contribution in [0.25, 0.3) is 16.6 Å². The van der Waals surface area contributed by atoms with Gasteiger partial charge in [-0.05, 0) is 70.3 Å². The molecule has 304 valence electrons. The average molecular weight is 752 g/mol. The second-order valence-corrected chi connectivity index (χ2v) is 13.0. The summed E-state index contributed by atoms with van der Waals surface area (Å²) in [5, 5.41) is 29.2. The summed E-state index contributed by atoms with van der Waals surface area (Å²) in [4.78, 5) is 33.3. The van der Waals surface area contributed by atoms with Gasteiger partial charge in [-0.15, -0.1) is 12.8 Å². The molecular weight excluding hydrogens is 679 g/mol. The van der Waals surface area contributed by atoms with Crippen molar-refractivity contribution in [3.05, 3.63) is 41.1 Å². The summed E-state index contributed by atoms with van der Waals surface area (Å²) in [7, 11) is 1.61. The van der Waals surface area contributed by atoms with Gasteiger partial charge in [-0.25, -0.2) is 4.98 Å². The summed E-state index contributed by atoms with van der Waals surface area (Å²) in [5.41, 5.74) is 4.66. The number of carbonyl (C=O) groups is 2. The van der Waals surface area contributed by atoms with E-state index in [2.05, 4.69) is 36.5 Å². The molecule has 2 fully saturated rings. The van der Waals surface area contributed by atoms with Crippen LogP contribution in [0.3, 0.4) is 0 Å². The van der Waals surface area contributed by atoms with Gasteiger partial charge in [0.25, 0.3) is 0 Å². The Morgan fingerprint density at radius 3 is 2.11 bits per heavy atom. The van der Waals surface area contributed by atoms with Crippen LogP contribution in [0.1, 0.15) is 124 Å². The predicted octanol–water partition coefficient (Wildman–Crippen LogP) is 7.81. The first-order valence-electron chi connectivity index (χ1n) is 20.3. The Labute approximate surface area is 327 Å². The summed E-state index contributed by atoms with van der Waals surface area (Å²) in [6, 6.07) is 6.39. The number of pyridine rings is 1. The van der Waals surface area contributed by atoms with Gasteiger partial charge in [-0.3, -0.25) is 4.79 Å². The summed E-state index contributed by atoms with van der Waals surface area (Å²) >= 11 is 0. The molecule has 2 saturated heterocycles. The van der Waals surface area contributed by atoms with Crippen molar-refractivity contribution in [2.24, 2.45) is 11.8 Å². The van der Waals surface area contributed by atoms with Crippen LogP contribution in [0.2, 0.25) is 0 Å². The summed E-state index contributed by atoms with van der Waals surface area (Å²) in [6.45, 7) is 23.7. The van der Waals surface area contributed by atoms with Crippen LogP contribution in [-0.4, -0.2) is 107 Å². The highest BCUT2D eigenvalue weighted by atomic mass is 16.5. The molecule has 1 amide bonds. The topological polar surface area (TPSA) is 130 Å². The molecule has 1 aromatic carbocycles. The van der Waals surface area contributed by atoms with Crippen molar-refractivity contribution in [1.29, 1.82) is 5.41 Å². The van der Waals surface area contributed by atoms with Gasteiger partial charge in [0.15, 0.2) is 0 Å². The fraction of sp³-hybridized carbons (Fsp3) is 0.636. The Hall–Kier alpha value is -3.78. The number of methoxy groups -OCH3 is 1. The van der Waals surface area contributed by atoms with Gasteiger partial charge >= 0.3 is 0 Å². The number of aromatic nitrogens is 1. The third-order valence-electron chi connectivity index (χ3n) is 9.45. The monoisotopic (exact) mass is 752 g/mol. The number of likely N-dealkylation sites (tertiary alicyclic amines) is 2. The Morgan fingerprint density at radius 1 is 1.02 bits per heavy atom. The number of fused-ring (bicyclic) bond motifs is 4. The number of rotatable bonds is 7. The number of benzene rings is 1. The third kappa shape index (κ3) is 14.1. The zero-order chi connectivity index (χ0) is 41.2. The van der Waals surface area contributed by atoms with Crippen molar-refractivity contribution < 1.29 is 24.5 Å². The smallest absolute Gasteiger partial charge is 0.209 e. The highest BCUT2D eigenvalue weighted by Gasteiger charge is 2.36. The quantitative estimate of drug-likeness (QED) is 0.148. The lowest BCUT2D eigenvalue weighted by atomic mass is 9.90. The standard InChI is InChI=1S/C22H25N3O4.C11H20N2O.C3H8.3C2H6.C2H2/c1-12(23)21-16-7-15(29-2)3-4-18(16)24-22-17(21)9-25-8-13(10-26)5-14(6-19(22)25)20(28)11-27;14-10-12-8-4-11(5-9-12)13-6-2-1-3-7-13;1-3-2;4*1-2/h3-4,6-7,11,13-14,20,23,26,28H,5,8-10H2,1-2H3;10-11H,1-9H2;3H2,1-2H3;3*1-2H3;1-2H/t13?,14?,20-;;;;;;/m1....../s1. The number of terminal acetylenes is 1. The average Bonchev–Trinajstić information content (AvgIpc) is 3.45. The van der Waals surface area contributed by atoms with Crippen molar-refractivity contribution in [1.82, 2.24) is 19.7 Å². The van der Waals surface area contributed by atoms with Crippen molar-refractivity contribution in [2.45, 2.75) is 126 Å². The Morgan fingerprint density at radius 2 is 1.61 bits per heavy atom. The van der Waals surface area contributed by atoms with Crippen molar-refractivity contribution in [3.8, 4) is 18.6 Å². The van der Waals surface area contributed by atoms with Gasteiger partial charge in [0.1, 0.15) is 18.1 Å². The number of nitrogens with one attached hydrogen (secondary N) is 1. The molecule has 0 bridgehead atoms. The Kier molecular flexibility index (Phi) is 26.6. The van der Waals surface area contributed by atoms with Gasteiger partial charge in [0, 0.05) is 72.9 Å². The molecular formula is C44H73N5O5. The first-order chi connectivity index (χ1) is 26.3. The minimum absolute atomic E-state index is 0.0148. The number of aliphatic hydroxyl groups excluding tert-OH is 2. The molecule has 54 heavy (non-hydrogen) atoms. The maximum atomic E-state index is 11.2. The molecule has 3 atom stereocenters. The van der Waals surface area contributed by atoms with Crippen LogP contribution in [0.5, 0.6) is 5.75 Å². The Balaban J connectivity index is 0.000000939. The van der Waals surface area contributed by atoms with Gasteiger partial charge in [0.2, 0.25) is 6.41 Å². The molecule has 2 aromatic rings. The number of amides is 1. The fourth-order valence-electron chi connectivity index (χ4n) is 7.13. The van der Waals surface area contributed by atoms with Gasteiger partial charge in [-0.2, -0.15) is 0 Å². The third-order valence-corrected chi connectivity index (χ3v) is 9.45. The molecule has 0 radical (unpaired) electrons. The zero-order valence-corrected chi connectivity index (χ0v) is 35.2. The molecule has 2 unspecified atom stereocenters. The molecule has 1 aromatic heterocycles. The molecule has 0 aliphatic carbocycles. The molecule has 10 nitrogen and oxygen atoms in total. The molecule has 3 N–H and O–H groups in total. The first kappa shape index (κ1) is 50.2. The SMILES string of the molecule is C#C.CC.CC.CC.CCC.COc1ccc2nc3c(c(C(C)=N)c2c1)CN1CC(CO)CC([C@H](O)C=O)C=C31.O=CN1CCC(N2CCCCC2)CC1. The number of nitrogens with zero attached hydrogens (tertiary/aromatic N) is 4. The molecule has 0 spiro atoms. The second-order valence-electron chi connectivity index (χ2n) is 13.0. The number of hydrogen-bond acceptors (Lipinski definition) is 9. The van der Waals surface area contributed by atoms with E-state index in [1.807, 2.05) is 70.7 Å². The fourth-order valence-corrected chi connectivity index (χ4v) is 7.13. The largest absolute Gasteiger partial charge is 0.497 e. The second kappa shape index (κ2) is 28.6. The lowest BCUT2D eigenvalue weighted by molar-refractivity contribution is -0.119. The van der Waals surface area contributed by atoms with E-state index in [0.717, 1.165) is 59.0 Å². The van der Waals surface area contributed by atoms with Gasteiger partial charge in [-0.1, -0.05) is 74.3 Å². The minimum Gasteiger partial charge on any atom is -0.497 e. The van der Waals surface area contributed by atoms with Crippen LogP contribution in [0.4, 0.5) is 0 Å². The lowest BCUT2D eigenvalue weighted by Crippen LogP contribution is -2.46. The van der Waals surface area contributed by atoms with Crippen LogP contribution < -0.4 is 4.74 Å². The van der Waals surface area contributed by atoms with E-state index in [0.29, 0.717) is 37.3 Å². The van der Waals surface area contributed by atoms with Crippen molar-refractivity contribution in [2.75, 3.05) is 46.4 Å². The number of carbonyl (C=O) groups excluding carboxylic acids is 2. The summed E-state index contributed by atoms with van der Waals surface area (Å²) < 4.78 is 5.36. The first-order valence-corrected chi connectivity index (χ1v) is 20.3. The molecule has 6 rings (SSSR count). The van der Waals surface area contributed by atoms with Crippen LogP contribution in [0.15, 0.2) is 24.3 Å². The number of aldehydes is 1. The molecule has 4 aliphatic rings. The van der Waals surface area contributed by atoms with Gasteiger partial charge in [0.05, 0.1) is 24.0 Å². The zero-order valence-electron chi connectivity index (χ0n) is 35.2. The van der Waals surface area contributed by atoms with E-state index >= 15 is 0 Å². The van der Waals surface area contributed by atoms with Crippen molar-refractivity contribution in [3.63, 3.8) is 0 Å². The van der Waals surface area contributed by atoms with Crippen LogP contribution >= 0.6 is 0 Å². The number of aliphatic hydroxyl groups is 2. The van der Waals surface area contributed by atoms with E-state index in [-0.39, 0.29) is 18.4 Å². The highest BCUT2D eigenvalue weighted by molar-refractivity contribution is 6.10. The summed E-state index contributed by atoms with van der Waals surface area (Å²) in [5.74, 6) is 0.271. The number of hydrogen-bond donors (Lipinski definition) is 3. The van der Waals surface area contributed by atoms with E-state index < -0.39 is 6.10 Å². The maximum Gasteiger partial charge on any atom is 0.209 e. The number of ether oxygens (including phenoxy) is 1. The van der Waals surface area contributed by atoms with E-state index in [4.69, 9.17) is 15.1 Å². The summed E-state index contributed by atoms with van der Waals surface area (Å²) in [6.07, 6.45) is 18.6. The molecule has 4 aliphatic heterocycles. The van der Waals surface area contributed by atoms with E-state index in [1.54, 1.807) is 14.0 Å². The lowest BCUT2D eigenvalue weighted by Gasteiger charge is -2.39. The highest BCUT2D eigenvalue weighted by Crippen LogP contribution is 2.41. The van der Waals surface area contributed by atoms with Gasteiger partial charge < -0.3 is 39.9 Å².